The molecule has 0 radical (unpaired) electrons. The number of thiophene rings is 4. The van der Waals surface area contributed by atoms with Gasteiger partial charge in [-0.05, 0) is 104 Å². The number of nitrogens with zero attached hydrogens (tertiary/aromatic N) is 6. The molecule has 0 aliphatic heterocycles. The van der Waals surface area contributed by atoms with E-state index in [2.05, 4.69) is 102 Å². The minimum atomic E-state index is -1.04. The van der Waals surface area contributed by atoms with Gasteiger partial charge in [-0.15, -0.1) is 45.3 Å². The van der Waals surface area contributed by atoms with Crippen LogP contribution < -0.4 is 4.74 Å². The fourth-order valence-electron chi connectivity index (χ4n) is 7.29. The zero-order chi connectivity index (χ0) is 48.5. The number of carbonyl (C=O) groups is 2. The number of fused-ring (bicyclic) bond motifs is 2. The van der Waals surface area contributed by atoms with Crippen molar-refractivity contribution in [2.24, 2.45) is 0 Å². The number of hydrogen-bond acceptors (Lipinski definition) is 13. The molecule has 69 heavy (non-hydrogen) atoms. The van der Waals surface area contributed by atoms with Crippen LogP contribution >= 0.6 is 69.8 Å². The summed E-state index contributed by atoms with van der Waals surface area (Å²) in [6.45, 7) is 4.88. The number of carbonyl (C=O) groups excluding carboxylic acids is 1. The van der Waals surface area contributed by atoms with Crippen LogP contribution in [0.5, 0.6) is 5.75 Å². The molecule has 0 fully saturated rings. The number of ether oxygens (including phenoxy) is 1. The first-order valence-electron chi connectivity index (χ1n) is 22.5. The van der Waals surface area contributed by atoms with Gasteiger partial charge in [-0.25, -0.2) is 4.79 Å². The van der Waals surface area contributed by atoms with Crippen LogP contribution in [-0.4, -0.2) is 47.8 Å². The van der Waals surface area contributed by atoms with Gasteiger partial charge in [-0.3, -0.25) is 24.7 Å². The first kappa shape index (κ1) is 56.7. The molecule has 0 unspecified atom stereocenters. The number of carboxylic acids is 1. The molecule has 0 atom stereocenters. The number of unbranched alkanes of at least 4 members (excludes halogenated alkanes) is 10. The Kier molecular flexibility index (Phi) is 25.7. The van der Waals surface area contributed by atoms with E-state index in [4.69, 9.17) is 25.9 Å². The van der Waals surface area contributed by atoms with Crippen molar-refractivity contribution in [1.82, 2.24) is 19.9 Å². The minimum absolute atomic E-state index is 0. The number of hydrogen-bond donors (Lipinski definition) is 1. The van der Waals surface area contributed by atoms with Gasteiger partial charge < -0.3 is 20.7 Å². The van der Waals surface area contributed by atoms with Gasteiger partial charge in [0.05, 0.1) is 28.3 Å². The Labute approximate surface area is 443 Å². The predicted octanol–water partition coefficient (Wildman–Crippen LogP) is 16.5. The monoisotopic (exact) mass is 1120 g/mol. The van der Waals surface area contributed by atoms with Gasteiger partial charge in [0.1, 0.15) is 5.75 Å². The van der Waals surface area contributed by atoms with E-state index in [0.29, 0.717) is 23.6 Å². The Morgan fingerprint density at radius 1 is 0.580 bits per heavy atom. The number of aryl methyl sites for hydroxylation is 2. The van der Waals surface area contributed by atoms with Gasteiger partial charge in [-0.2, -0.15) is 10.3 Å². The number of pyridine rings is 4. The first-order chi connectivity index (χ1) is 33.2. The maximum atomic E-state index is 10.8. The minimum Gasteiger partial charge on any atom is -0.753 e. The van der Waals surface area contributed by atoms with E-state index in [1.165, 1.54) is 186 Å². The standard InChI is InChI=1S/C38H44N2S4.C12H8N2O4.2CNS.Ru/c1-3-5-7-9-11-13-15-29-23-35-37(41-29)25-33(43-35)27-17-19-39-31(21-27)32-22-28(18-20-40-32)34-26-38-36(44-34)24-30(42-38)16-14-12-10-8-6-4-2;15-7-18-9-2-4-14-11(6-9)10-5-8(12(16)17)1-3-13-10;2*2-1-3;/h17-26H,3-16H2,1-2H3;1-7H,(H,16,17);;;/q;;2*-1;+2. The Balaban J connectivity index is 0.000000345. The zero-order valence-electron chi connectivity index (χ0n) is 38.4. The average Bonchev–Trinajstić information content (AvgIpc) is 4.14. The topological polar surface area (TPSA) is 160 Å². The molecule has 0 aliphatic rings. The molecule has 8 rings (SSSR count). The molecule has 8 heterocycles. The summed E-state index contributed by atoms with van der Waals surface area (Å²) in [4.78, 5) is 44.3. The summed E-state index contributed by atoms with van der Waals surface area (Å²) in [5, 5.41) is 25.8. The Morgan fingerprint density at radius 3 is 1.41 bits per heavy atom. The fourth-order valence-corrected chi connectivity index (χ4v) is 12.2. The predicted molar refractivity (Wildman–Crippen MR) is 292 cm³/mol. The van der Waals surface area contributed by atoms with Crippen LogP contribution in [0, 0.1) is 0 Å². The summed E-state index contributed by atoms with van der Waals surface area (Å²) in [7, 11) is 0. The third kappa shape index (κ3) is 18.1. The van der Waals surface area contributed by atoms with E-state index in [-0.39, 0.29) is 25.0 Å². The van der Waals surface area contributed by atoms with Crippen LogP contribution in [0.15, 0.2) is 97.6 Å². The number of thiocarbonyl (C=S) groups is 2. The summed E-state index contributed by atoms with van der Waals surface area (Å²) >= 11 is 15.2. The SMILES string of the molecule is CCCCCCCCc1cc2sc(-c3ccnc(-c4cc(-c5cc6sc(CCCCCCCC)cc6s5)ccn4)c3)cc2s1.O=COc1ccnc(-c2cc(C(=O)O)ccn2)c1.[N-]=C=S.[N-]=C=S.[Ru+2]. The van der Waals surface area contributed by atoms with E-state index in [1.807, 2.05) is 57.7 Å². The van der Waals surface area contributed by atoms with Crippen LogP contribution in [-0.2, 0) is 37.1 Å². The van der Waals surface area contributed by atoms with Crippen molar-refractivity contribution in [3.63, 3.8) is 0 Å². The molecule has 0 amide bonds. The number of aromatic nitrogens is 4. The van der Waals surface area contributed by atoms with Crippen molar-refractivity contribution in [3.8, 4) is 49.4 Å². The molecule has 0 aromatic carbocycles. The summed E-state index contributed by atoms with van der Waals surface area (Å²) in [6.07, 6.45) is 25.4. The summed E-state index contributed by atoms with van der Waals surface area (Å²) in [5.74, 6) is -0.725. The van der Waals surface area contributed by atoms with Gasteiger partial charge in [0, 0.05) is 69.2 Å². The van der Waals surface area contributed by atoms with Crippen molar-refractivity contribution in [3.05, 3.63) is 124 Å². The molecule has 17 heteroatoms. The molecule has 0 bridgehead atoms. The zero-order valence-corrected chi connectivity index (χ0v) is 45.0. The Morgan fingerprint density at radius 2 is 0.971 bits per heavy atom. The van der Waals surface area contributed by atoms with Crippen molar-refractivity contribution in [1.29, 1.82) is 0 Å². The van der Waals surface area contributed by atoms with Crippen molar-refractivity contribution >= 4 is 111 Å². The van der Waals surface area contributed by atoms with Crippen LogP contribution in [0.3, 0.4) is 0 Å². The molecule has 358 valence electrons. The summed E-state index contributed by atoms with van der Waals surface area (Å²) in [5.41, 5.74) is 5.26. The number of aromatic carboxylic acids is 1. The second-order valence-corrected chi connectivity index (χ2v) is 20.4. The summed E-state index contributed by atoms with van der Waals surface area (Å²) in [6, 6.07) is 24.1. The van der Waals surface area contributed by atoms with Crippen LogP contribution in [0.1, 0.15) is 111 Å². The normalized spacial score (nSPS) is 10.3. The van der Waals surface area contributed by atoms with Crippen LogP contribution in [0.4, 0.5) is 0 Å². The van der Waals surface area contributed by atoms with Crippen molar-refractivity contribution < 1.29 is 38.9 Å². The molecule has 1 N–H and O–H groups in total. The smallest absolute Gasteiger partial charge is 0.753 e. The van der Waals surface area contributed by atoms with Gasteiger partial charge in [0.25, 0.3) is 6.47 Å². The van der Waals surface area contributed by atoms with Crippen LogP contribution in [0.2, 0.25) is 0 Å². The Bertz CT molecular complexity index is 2710. The second kappa shape index (κ2) is 31.3. The molecule has 10 nitrogen and oxygen atoms in total. The maximum absolute atomic E-state index is 10.8. The van der Waals surface area contributed by atoms with Gasteiger partial charge >= 0.3 is 25.4 Å². The average molecular weight is 1120 g/mol. The molecule has 0 spiro atoms. The molecular formula is C52H52N6O4RuS6. The van der Waals surface area contributed by atoms with Gasteiger partial charge in [-0.1, -0.05) is 102 Å². The maximum Gasteiger partial charge on any atom is 2.00 e. The number of rotatable bonds is 21. The van der Waals surface area contributed by atoms with E-state index >= 15 is 0 Å². The summed E-state index contributed by atoms with van der Waals surface area (Å²) < 4.78 is 10.3. The van der Waals surface area contributed by atoms with Crippen molar-refractivity contribution in [2.45, 2.75) is 104 Å². The molecule has 8 aromatic heterocycles. The molecule has 8 aromatic rings. The van der Waals surface area contributed by atoms with E-state index in [1.54, 1.807) is 0 Å². The molecular weight excluding hydrogens is 1070 g/mol. The molecule has 0 aliphatic carbocycles. The van der Waals surface area contributed by atoms with E-state index < -0.39 is 5.97 Å². The Hall–Kier alpha value is -4.92. The second-order valence-electron chi connectivity index (χ2n) is 15.5. The molecule has 0 saturated heterocycles. The van der Waals surface area contributed by atoms with Gasteiger partial charge in [0.15, 0.2) is 0 Å². The first-order valence-corrected chi connectivity index (χ1v) is 26.6. The fraction of sp³-hybridized carbons (Fsp3) is 0.308. The molecule has 0 saturated carbocycles. The quantitative estimate of drug-likeness (QED) is 0.0241. The largest absolute Gasteiger partial charge is 2.00 e. The van der Waals surface area contributed by atoms with Crippen LogP contribution in [0.25, 0.3) is 73.3 Å². The number of isothiocyanates is 2. The van der Waals surface area contributed by atoms with E-state index in [0.717, 1.165) is 11.4 Å². The third-order valence-electron chi connectivity index (χ3n) is 10.6. The van der Waals surface area contributed by atoms with Crippen molar-refractivity contribution in [2.75, 3.05) is 0 Å². The third-order valence-corrected chi connectivity index (χ3v) is 15.4. The number of carboxylic acid groups (broad SMARTS) is 1. The van der Waals surface area contributed by atoms with Gasteiger partial charge in [0.2, 0.25) is 0 Å². The van der Waals surface area contributed by atoms with E-state index in [9.17, 15) is 9.59 Å².